The Bertz CT molecular complexity index is 880. The number of nitrogens with zero attached hydrogens (tertiary/aromatic N) is 3. The van der Waals surface area contributed by atoms with Gasteiger partial charge in [0.1, 0.15) is 5.58 Å². The quantitative estimate of drug-likeness (QED) is 0.738. The van der Waals surface area contributed by atoms with E-state index in [9.17, 15) is 4.79 Å². The molecule has 0 N–H and O–H groups in total. The van der Waals surface area contributed by atoms with E-state index in [1.807, 2.05) is 60.5 Å². The van der Waals surface area contributed by atoms with Crippen molar-refractivity contribution < 1.29 is 9.21 Å². The molecule has 2 aromatic heterocycles. The first-order valence-electron chi connectivity index (χ1n) is 8.62. The summed E-state index contributed by atoms with van der Waals surface area (Å²) >= 11 is 0. The predicted octanol–water partition coefficient (Wildman–Crippen LogP) is 3.09. The van der Waals surface area contributed by atoms with Crippen LogP contribution in [0.4, 0.5) is 0 Å². The van der Waals surface area contributed by atoms with Gasteiger partial charge in [-0.3, -0.25) is 14.7 Å². The minimum atomic E-state index is -0.00816. The number of pyridine rings is 1. The zero-order valence-corrected chi connectivity index (χ0v) is 14.3. The maximum absolute atomic E-state index is 12.9. The number of hydrogen-bond acceptors (Lipinski definition) is 4. The molecule has 5 nitrogen and oxygen atoms in total. The molecule has 4 rings (SSSR count). The van der Waals surface area contributed by atoms with Crippen LogP contribution in [0.3, 0.4) is 0 Å². The van der Waals surface area contributed by atoms with Gasteiger partial charge in [-0.05, 0) is 25.1 Å². The van der Waals surface area contributed by atoms with E-state index in [-0.39, 0.29) is 5.91 Å². The van der Waals surface area contributed by atoms with Crippen LogP contribution in [0.1, 0.15) is 21.8 Å². The number of carbonyl (C=O) groups is 1. The maximum atomic E-state index is 12.9. The molecule has 3 heterocycles. The molecule has 1 fully saturated rings. The van der Waals surface area contributed by atoms with Gasteiger partial charge in [0.15, 0.2) is 5.76 Å². The van der Waals surface area contributed by atoms with Crippen LogP contribution in [0, 0.1) is 6.92 Å². The molecule has 0 aliphatic carbocycles. The Morgan fingerprint density at radius 1 is 1.08 bits per heavy atom. The molecule has 0 bridgehead atoms. The summed E-state index contributed by atoms with van der Waals surface area (Å²) in [6.07, 6.45) is 1.82. The van der Waals surface area contributed by atoms with E-state index >= 15 is 0 Å². The number of fused-ring (bicyclic) bond motifs is 1. The number of carbonyl (C=O) groups excluding carboxylic acids is 1. The van der Waals surface area contributed by atoms with Gasteiger partial charge in [0, 0.05) is 49.9 Å². The minimum absolute atomic E-state index is 0.00816. The average molecular weight is 335 g/mol. The summed E-state index contributed by atoms with van der Waals surface area (Å²) in [5, 5.41) is 1.01. The van der Waals surface area contributed by atoms with E-state index in [1.165, 1.54) is 0 Å². The Balaban J connectivity index is 1.43. The van der Waals surface area contributed by atoms with Crippen LogP contribution in [0.2, 0.25) is 0 Å². The molecule has 25 heavy (non-hydrogen) atoms. The summed E-state index contributed by atoms with van der Waals surface area (Å²) in [5.41, 5.74) is 2.77. The zero-order valence-electron chi connectivity index (χ0n) is 14.3. The van der Waals surface area contributed by atoms with E-state index in [4.69, 9.17) is 4.42 Å². The van der Waals surface area contributed by atoms with E-state index < -0.39 is 0 Å². The minimum Gasteiger partial charge on any atom is -0.451 e. The van der Waals surface area contributed by atoms with Crippen molar-refractivity contribution in [3.05, 3.63) is 65.7 Å². The van der Waals surface area contributed by atoms with Crippen molar-refractivity contribution in [3.8, 4) is 0 Å². The lowest BCUT2D eigenvalue weighted by molar-refractivity contribution is 0.0597. The fourth-order valence-electron chi connectivity index (χ4n) is 3.35. The van der Waals surface area contributed by atoms with Crippen molar-refractivity contribution >= 4 is 16.9 Å². The molecule has 1 saturated heterocycles. The molecule has 1 aromatic carbocycles. The second-order valence-corrected chi connectivity index (χ2v) is 6.44. The van der Waals surface area contributed by atoms with Crippen LogP contribution < -0.4 is 0 Å². The van der Waals surface area contributed by atoms with Gasteiger partial charge < -0.3 is 9.32 Å². The largest absolute Gasteiger partial charge is 0.451 e. The summed E-state index contributed by atoms with van der Waals surface area (Å²) in [7, 11) is 0. The second kappa shape index (κ2) is 6.69. The van der Waals surface area contributed by atoms with Crippen LogP contribution in [-0.4, -0.2) is 46.9 Å². The number of rotatable bonds is 3. The van der Waals surface area contributed by atoms with Crippen LogP contribution in [-0.2, 0) is 6.54 Å². The number of aryl methyl sites for hydroxylation is 1. The molecular weight excluding hydrogens is 314 g/mol. The molecule has 128 valence electrons. The van der Waals surface area contributed by atoms with Crippen molar-refractivity contribution in [1.29, 1.82) is 0 Å². The lowest BCUT2D eigenvalue weighted by Crippen LogP contribution is -2.48. The van der Waals surface area contributed by atoms with Crippen molar-refractivity contribution in [3.63, 3.8) is 0 Å². The normalized spacial score (nSPS) is 15.6. The summed E-state index contributed by atoms with van der Waals surface area (Å²) in [5.74, 6) is 0.463. The topological polar surface area (TPSA) is 49.6 Å². The molecule has 1 amide bonds. The number of piperazine rings is 1. The molecule has 1 aliphatic rings. The highest BCUT2D eigenvalue weighted by molar-refractivity contribution is 5.98. The average Bonchev–Trinajstić information content (AvgIpc) is 3.00. The smallest absolute Gasteiger partial charge is 0.289 e. The van der Waals surface area contributed by atoms with Gasteiger partial charge in [0.25, 0.3) is 5.91 Å². The highest BCUT2D eigenvalue weighted by Gasteiger charge is 2.26. The number of benzene rings is 1. The van der Waals surface area contributed by atoms with Gasteiger partial charge in [0.2, 0.25) is 0 Å². The molecule has 5 heteroatoms. The third-order valence-electron chi connectivity index (χ3n) is 4.81. The monoisotopic (exact) mass is 335 g/mol. The fourth-order valence-corrected chi connectivity index (χ4v) is 3.35. The predicted molar refractivity (Wildman–Crippen MR) is 96.4 cm³/mol. The highest BCUT2D eigenvalue weighted by atomic mass is 16.3. The molecule has 3 aromatic rings. The molecule has 0 atom stereocenters. The Kier molecular flexibility index (Phi) is 4.24. The van der Waals surface area contributed by atoms with Crippen LogP contribution in [0.5, 0.6) is 0 Å². The summed E-state index contributed by atoms with van der Waals surface area (Å²) in [6, 6.07) is 13.8. The Hall–Kier alpha value is -2.66. The molecule has 0 spiro atoms. The number of amides is 1. The highest BCUT2D eigenvalue weighted by Crippen LogP contribution is 2.26. The second-order valence-electron chi connectivity index (χ2n) is 6.44. The first-order valence-corrected chi connectivity index (χ1v) is 8.62. The molecule has 0 unspecified atom stereocenters. The van der Waals surface area contributed by atoms with E-state index in [2.05, 4.69) is 9.88 Å². The molecular formula is C20H21N3O2. The van der Waals surface area contributed by atoms with E-state index in [0.29, 0.717) is 18.8 Å². The van der Waals surface area contributed by atoms with E-state index in [0.717, 1.165) is 41.9 Å². The van der Waals surface area contributed by atoms with Gasteiger partial charge >= 0.3 is 0 Å². The van der Waals surface area contributed by atoms with Gasteiger partial charge in [-0.15, -0.1) is 0 Å². The van der Waals surface area contributed by atoms with Gasteiger partial charge in [-0.2, -0.15) is 0 Å². The molecule has 0 radical (unpaired) electrons. The summed E-state index contributed by atoms with van der Waals surface area (Å²) < 4.78 is 5.82. The SMILES string of the molecule is Cc1c(C(=O)N2CCN(Cc3ccccn3)CC2)oc2ccccc12. The lowest BCUT2D eigenvalue weighted by Gasteiger charge is -2.34. The van der Waals surface area contributed by atoms with Crippen LogP contribution in [0.15, 0.2) is 53.1 Å². The summed E-state index contributed by atoms with van der Waals surface area (Å²) in [4.78, 5) is 21.4. The zero-order chi connectivity index (χ0) is 17.2. The van der Waals surface area contributed by atoms with Crippen LogP contribution >= 0.6 is 0 Å². The third kappa shape index (κ3) is 3.15. The van der Waals surface area contributed by atoms with Crippen molar-refractivity contribution in [2.45, 2.75) is 13.5 Å². The van der Waals surface area contributed by atoms with Gasteiger partial charge in [-0.1, -0.05) is 24.3 Å². The van der Waals surface area contributed by atoms with Gasteiger partial charge in [0.05, 0.1) is 5.69 Å². The fraction of sp³-hybridized carbons (Fsp3) is 0.300. The number of furan rings is 1. The van der Waals surface area contributed by atoms with Crippen molar-refractivity contribution in [1.82, 2.24) is 14.8 Å². The molecule has 1 aliphatic heterocycles. The number of aromatic nitrogens is 1. The van der Waals surface area contributed by atoms with Crippen molar-refractivity contribution in [2.24, 2.45) is 0 Å². The van der Waals surface area contributed by atoms with Crippen molar-refractivity contribution in [2.75, 3.05) is 26.2 Å². The Morgan fingerprint density at radius 2 is 1.84 bits per heavy atom. The third-order valence-corrected chi connectivity index (χ3v) is 4.81. The van der Waals surface area contributed by atoms with E-state index in [1.54, 1.807) is 0 Å². The summed E-state index contributed by atoms with van der Waals surface area (Å²) in [6.45, 7) is 5.90. The number of para-hydroxylation sites is 1. The number of hydrogen-bond donors (Lipinski definition) is 0. The van der Waals surface area contributed by atoms with Gasteiger partial charge in [-0.25, -0.2) is 0 Å². The van der Waals surface area contributed by atoms with Crippen LogP contribution in [0.25, 0.3) is 11.0 Å². The lowest BCUT2D eigenvalue weighted by atomic mass is 10.1. The first kappa shape index (κ1) is 15.8. The Morgan fingerprint density at radius 3 is 2.56 bits per heavy atom. The molecule has 0 saturated carbocycles. The Labute approximate surface area is 146 Å². The standard InChI is InChI=1S/C20H21N3O2/c1-15-17-7-2-3-8-18(17)25-19(15)20(24)23-12-10-22(11-13-23)14-16-6-4-5-9-21-16/h2-9H,10-14H2,1H3. The first-order chi connectivity index (χ1) is 12.2. The maximum Gasteiger partial charge on any atom is 0.289 e.